The van der Waals surface area contributed by atoms with E-state index >= 15 is 0 Å². The van der Waals surface area contributed by atoms with E-state index in [1.54, 1.807) is 11.8 Å². The third kappa shape index (κ3) is 2.48. The van der Waals surface area contributed by atoms with Crippen LogP contribution in [0.25, 0.3) is 11.4 Å². The second-order valence-corrected chi connectivity index (χ2v) is 4.11. The second-order valence-electron chi connectivity index (χ2n) is 4.11. The number of anilines is 1. The van der Waals surface area contributed by atoms with Crippen molar-refractivity contribution in [2.75, 3.05) is 19.5 Å². The zero-order chi connectivity index (χ0) is 13.0. The van der Waals surface area contributed by atoms with Crippen molar-refractivity contribution < 1.29 is 4.74 Å². The lowest BCUT2D eigenvalue weighted by atomic mass is 10.1. The summed E-state index contributed by atoms with van der Waals surface area (Å²) in [6.45, 7) is 3.37. The summed E-state index contributed by atoms with van der Waals surface area (Å²) in [7, 11) is 1.68. The van der Waals surface area contributed by atoms with E-state index in [9.17, 15) is 0 Å². The second kappa shape index (κ2) is 5.59. The number of hydrogen-bond acceptors (Lipinski definition) is 5. The van der Waals surface area contributed by atoms with Gasteiger partial charge in [0.05, 0.1) is 0 Å². The lowest BCUT2D eigenvalue weighted by Gasteiger charge is -2.08. The van der Waals surface area contributed by atoms with E-state index in [1.807, 2.05) is 25.1 Å². The number of rotatable bonds is 5. The van der Waals surface area contributed by atoms with Crippen LogP contribution in [0.1, 0.15) is 12.0 Å². The number of aryl methyl sites for hydroxylation is 2. The number of tetrazole rings is 1. The fourth-order valence-corrected chi connectivity index (χ4v) is 1.78. The van der Waals surface area contributed by atoms with Crippen molar-refractivity contribution >= 4 is 5.69 Å². The highest BCUT2D eigenvalue weighted by Crippen LogP contribution is 2.25. The average Bonchev–Trinajstić information content (AvgIpc) is 2.81. The topological polar surface area (TPSA) is 78.8 Å². The molecule has 0 saturated carbocycles. The van der Waals surface area contributed by atoms with E-state index in [0.29, 0.717) is 19.0 Å². The van der Waals surface area contributed by atoms with E-state index in [2.05, 4.69) is 15.5 Å². The number of benzene rings is 1. The number of nitrogens with two attached hydrogens (primary N) is 1. The van der Waals surface area contributed by atoms with Gasteiger partial charge in [0, 0.05) is 31.5 Å². The fraction of sp³-hybridized carbons (Fsp3) is 0.417. The van der Waals surface area contributed by atoms with Crippen LogP contribution >= 0.6 is 0 Å². The molecule has 0 aliphatic carbocycles. The summed E-state index contributed by atoms with van der Waals surface area (Å²) in [6, 6.07) is 5.86. The minimum Gasteiger partial charge on any atom is -0.398 e. The molecule has 1 heterocycles. The normalized spacial score (nSPS) is 10.8. The molecule has 6 heteroatoms. The lowest BCUT2D eigenvalue weighted by Crippen LogP contribution is -2.06. The minimum absolute atomic E-state index is 0.683. The smallest absolute Gasteiger partial charge is 0.184 e. The van der Waals surface area contributed by atoms with Gasteiger partial charge >= 0.3 is 0 Å². The first-order valence-corrected chi connectivity index (χ1v) is 5.84. The van der Waals surface area contributed by atoms with Crippen LogP contribution < -0.4 is 5.73 Å². The van der Waals surface area contributed by atoms with E-state index < -0.39 is 0 Å². The molecule has 0 radical (unpaired) electrons. The predicted octanol–water partition coefficient (Wildman–Crippen LogP) is 1.27. The quantitative estimate of drug-likeness (QED) is 0.635. The summed E-state index contributed by atoms with van der Waals surface area (Å²) in [4.78, 5) is 0. The van der Waals surface area contributed by atoms with Crippen molar-refractivity contribution in [2.45, 2.75) is 19.9 Å². The van der Waals surface area contributed by atoms with Gasteiger partial charge in [0.2, 0.25) is 0 Å². The van der Waals surface area contributed by atoms with Gasteiger partial charge in [0.1, 0.15) is 0 Å². The Kier molecular flexibility index (Phi) is 3.88. The molecule has 6 nitrogen and oxygen atoms in total. The van der Waals surface area contributed by atoms with E-state index in [0.717, 1.165) is 23.2 Å². The highest BCUT2D eigenvalue weighted by Gasteiger charge is 2.12. The van der Waals surface area contributed by atoms with Crippen molar-refractivity contribution in [3.05, 3.63) is 23.8 Å². The standard InChI is InChI=1S/C12H17N5O/c1-9-5-3-6-10(11(9)13)12-14-15-16-17(12)7-4-8-18-2/h3,5-6H,4,7-8,13H2,1-2H3. The number of methoxy groups -OCH3 is 1. The zero-order valence-electron chi connectivity index (χ0n) is 10.6. The third-order valence-electron chi connectivity index (χ3n) is 2.82. The zero-order valence-corrected chi connectivity index (χ0v) is 10.6. The van der Waals surface area contributed by atoms with Crippen LogP contribution in [0.4, 0.5) is 5.69 Å². The van der Waals surface area contributed by atoms with Crippen LogP contribution in [-0.4, -0.2) is 33.9 Å². The maximum atomic E-state index is 6.06. The molecule has 1 aromatic carbocycles. The summed E-state index contributed by atoms with van der Waals surface area (Å²) < 4.78 is 6.78. The van der Waals surface area contributed by atoms with Gasteiger partial charge in [-0.05, 0) is 35.4 Å². The first-order chi connectivity index (χ1) is 8.74. The van der Waals surface area contributed by atoms with Gasteiger partial charge in [0.25, 0.3) is 0 Å². The molecule has 0 saturated heterocycles. The maximum absolute atomic E-state index is 6.06. The van der Waals surface area contributed by atoms with Gasteiger partial charge in [-0.25, -0.2) is 4.68 Å². The van der Waals surface area contributed by atoms with Gasteiger partial charge in [-0.2, -0.15) is 0 Å². The molecular formula is C12H17N5O. The Morgan fingerprint density at radius 2 is 2.22 bits per heavy atom. The molecule has 0 bridgehead atoms. The Morgan fingerprint density at radius 3 is 3.00 bits per heavy atom. The minimum atomic E-state index is 0.683. The Balaban J connectivity index is 2.28. The molecule has 0 aliphatic heterocycles. The molecule has 96 valence electrons. The fourth-order valence-electron chi connectivity index (χ4n) is 1.78. The molecule has 0 unspecified atom stereocenters. The summed E-state index contributed by atoms with van der Waals surface area (Å²) in [5, 5.41) is 11.7. The van der Waals surface area contributed by atoms with Crippen LogP contribution in [0.5, 0.6) is 0 Å². The van der Waals surface area contributed by atoms with Gasteiger partial charge in [-0.15, -0.1) is 5.10 Å². The Bertz CT molecular complexity index is 523. The molecule has 2 N–H and O–H groups in total. The van der Waals surface area contributed by atoms with Crippen LogP contribution in [-0.2, 0) is 11.3 Å². The first-order valence-electron chi connectivity index (χ1n) is 5.84. The lowest BCUT2D eigenvalue weighted by molar-refractivity contribution is 0.189. The molecular weight excluding hydrogens is 230 g/mol. The molecule has 2 rings (SSSR count). The van der Waals surface area contributed by atoms with Crippen LogP contribution in [0.2, 0.25) is 0 Å². The van der Waals surface area contributed by atoms with Crippen molar-refractivity contribution in [1.82, 2.24) is 20.2 Å². The monoisotopic (exact) mass is 247 g/mol. The number of nitrogens with zero attached hydrogens (tertiary/aromatic N) is 4. The average molecular weight is 247 g/mol. The number of aromatic nitrogens is 4. The Hall–Kier alpha value is -1.95. The predicted molar refractivity (Wildman–Crippen MR) is 68.9 cm³/mol. The summed E-state index contributed by atoms with van der Waals surface area (Å²) in [6.07, 6.45) is 0.861. The summed E-state index contributed by atoms with van der Waals surface area (Å²) in [5.41, 5.74) is 8.69. The first kappa shape index (κ1) is 12.5. The Labute approximate surface area is 106 Å². The van der Waals surface area contributed by atoms with E-state index in [4.69, 9.17) is 10.5 Å². The molecule has 1 aromatic heterocycles. The number of para-hydroxylation sites is 1. The Morgan fingerprint density at radius 1 is 1.39 bits per heavy atom. The van der Waals surface area contributed by atoms with Crippen molar-refractivity contribution in [2.24, 2.45) is 0 Å². The van der Waals surface area contributed by atoms with Gasteiger partial charge < -0.3 is 10.5 Å². The largest absolute Gasteiger partial charge is 0.398 e. The molecule has 0 fully saturated rings. The van der Waals surface area contributed by atoms with E-state index in [-0.39, 0.29) is 0 Å². The molecule has 0 atom stereocenters. The third-order valence-corrected chi connectivity index (χ3v) is 2.82. The van der Waals surface area contributed by atoms with Gasteiger partial charge in [0.15, 0.2) is 5.82 Å². The summed E-state index contributed by atoms with van der Waals surface area (Å²) in [5.74, 6) is 0.701. The maximum Gasteiger partial charge on any atom is 0.184 e. The number of hydrogen-bond donors (Lipinski definition) is 1. The van der Waals surface area contributed by atoms with Crippen LogP contribution in [0.15, 0.2) is 18.2 Å². The van der Waals surface area contributed by atoms with Crippen LogP contribution in [0.3, 0.4) is 0 Å². The van der Waals surface area contributed by atoms with Gasteiger partial charge in [-0.3, -0.25) is 0 Å². The molecule has 0 aliphatic rings. The molecule has 18 heavy (non-hydrogen) atoms. The van der Waals surface area contributed by atoms with Crippen molar-refractivity contribution in [3.8, 4) is 11.4 Å². The molecule has 0 amide bonds. The molecule has 2 aromatic rings. The number of ether oxygens (including phenoxy) is 1. The SMILES string of the molecule is COCCCn1nnnc1-c1cccc(C)c1N. The van der Waals surface area contributed by atoms with Crippen molar-refractivity contribution in [3.63, 3.8) is 0 Å². The highest BCUT2D eigenvalue weighted by molar-refractivity contribution is 5.73. The van der Waals surface area contributed by atoms with E-state index in [1.165, 1.54) is 0 Å². The molecule has 0 spiro atoms. The summed E-state index contributed by atoms with van der Waals surface area (Å²) >= 11 is 0. The van der Waals surface area contributed by atoms with Crippen molar-refractivity contribution in [1.29, 1.82) is 0 Å². The van der Waals surface area contributed by atoms with Crippen LogP contribution in [0, 0.1) is 6.92 Å². The number of nitrogen functional groups attached to an aromatic ring is 1. The highest BCUT2D eigenvalue weighted by atomic mass is 16.5. The van der Waals surface area contributed by atoms with Gasteiger partial charge in [-0.1, -0.05) is 12.1 Å².